The molecule has 0 amide bonds. The van der Waals surface area contributed by atoms with Crippen LogP contribution in [0.3, 0.4) is 0 Å². The molecule has 1 heterocycles. The molecule has 0 aromatic carbocycles. The minimum absolute atomic E-state index is 0. The fourth-order valence-corrected chi connectivity index (χ4v) is 2.79. The molecule has 0 bridgehead atoms. The summed E-state index contributed by atoms with van der Waals surface area (Å²) < 4.78 is 0. The van der Waals surface area contributed by atoms with Crippen LogP contribution in [0.2, 0.25) is 0 Å². The van der Waals surface area contributed by atoms with Gasteiger partial charge < -0.3 is 10.6 Å². The van der Waals surface area contributed by atoms with Crippen molar-refractivity contribution in [1.82, 2.24) is 10.6 Å². The van der Waals surface area contributed by atoms with Gasteiger partial charge in [-0.25, -0.2) is 4.99 Å². The molecule has 1 aromatic rings. The molecule has 0 aliphatic heterocycles. The Morgan fingerprint density at radius 2 is 2.16 bits per heavy atom. The first kappa shape index (κ1) is 16.5. The summed E-state index contributed by atoms with van der Waals surface area (Å²) in [5, 5.41) is 8.91. The largest absolute Gasteiger partial charge is 0.357 e. The molecule has 3 nitrogen and oxygen atoms in total. The first-order valence-electron chi connectivity index (χ1n) is 6.52. The molecule has 5 heteroatoms. The van der Waals surface area contributed by atoms with Crippen molar-refractivity contribution < 1.29 is 0 Å². The highest BCUT2D eigenvalue weighted by Gasteiger charge is 2.11. The van der Waals surface area contributed by atoms with E-state index in [2.05, 4.69) is 53.1 Å². The summed E-state index contributed by atoms with van der Waals surface area (Å²) in [4.78, 5) is 6.00. The highest BCUT2D eigenvalue weighted by atomic mass is 127. The lowest BCUT2D eigenvalue weighted by Gasteiger charge is -2.16. The van der Waals surface area contributed by atoms with Gasteiger partial charge in [0.15, 0.2) is 5.96 Å². The van der Waals surface area contributed by atoms with Gasteiger partial charge in [0.05, 0.1) is 6.54 Å². The van der Waals surface area contributed by atoms with Crippen LogP contribution in [0.4, 0.5) is 0 Å². The van der Waals surface area contributed by atoms with Crippen molar-refractivity contribution in [1.29, 1.82) is 0 Å². The number of hydrogen-bond donors (Lipinski definition) is 2. The normalized spacial score (nSPS) is 15.4. The molecule has 1 aromatic heterocycles. The summed E-state index contributed by atoms with van der Waals surface area (Å²) >= 11 is 1.78. The van der Waals surface area contributed by atoms with E-state index in [0.717, 1.165) is 31.9 Å². The van der Waals surface area contributed by atoms with Gasteiger partial charge in [0.25, 0.3) is 0 Å². The molecule has 0 atom stereocenters. The van der Waals surface area contributed by atoms with Crippen LogP contribution in [0.25, 0.3) is 0 Å². The second kappa shape index (κ2) is 8.58. The molecule has 2 rings (SSSR count). The van der Waals surface area contributed by atoms with Crippen LogP contribution in [0.15, 0.2) is 28.6 Å². The Labute approximate surface area is 136 Å². The number of rotatable bonds is 4. The molecule has 19 heavy (non-hydrogen) atoms. The minimum Gasteiger partial charge on any atom is -0.357 e. The van der Waals surface area contributed by atoms with Crippen molar-refractivity contribution in [3.05, 3.63) is 34.0 Å². The maximum atomic E-state index is 4.66. The van der Waals surface area contributed by atoms with Crippen LogP contribution in [-0.4, -0.2) is 18.5 Å². The highest BCUT2D eigenvalue weighted by molar-refractivity contribution is 14.0. The minimum atomic E-state index is 0. The molecule has 1 aliphatic carbocycles. The molecule has 0 radical (unpaired) electrons. The average Bonchev–Trinajstić information content (AvgIpc) is 2.98. The third-order valence-corrected chi connectivity index (χ3v) is 4.05. The summed E-state index contributed by atoms with van der Waals surface area (Å²) in [7, 11) is 0. The summed E-state index contributed by atoms with van der Waals surface area (Å²) in [6.07, 6.45) is 6.65. The Balaban J connectivity index is 0.00000180. The van der Waals surface area contributed by atoms with Gasteiger partial charge in [-0.1, -0.05) is 12.2 Å². The van der Waals surface area contributed by atoms with E-state index in [9.17, 15) is 0 Å². The summed E-state index contributed by atoms with van der Waals surface area (Å²) in [6, 6.07) is 2.66. The van der Waals surface area contributed by atoms with E-state index in [1.54, 1.807) is 11.3 Å². The maximum Gasteiger partial charge on any atom is 0.191 e. The van der Waals surface area contributed by atoms with Gasteiger partial charge in [0, 0.05) is 17.5 Å². The number of nitrogens with zero attached hydrogens (tertiary/aromatic N) is 1. The second-order valence-electron chi connectivity index (χ2n) is 4.51. The lowest BCUT2D eigenvalue weighted by Crippen LogP contribution is -2.42. The molecule has 0 fully saturated rings. The summed E-state index contributed by atoms with van der Waals surface area (Å²) in [5.74, 6) is 0.930. The molecule has 0 spiro atoms. The molecule has 2 N–H and O–H groups in total. The van der Waals surface area contributed by atoms with Crippen LogP contribution < -0.4 is 10.6 Å². The lowest BCUT2D eigenvalue weighted by atomic mass is 10.2. The second-order valence-corrected chi connectivity index (χ2v) is 5.51. The predicted octanol–water partition coefficient (Wildman–Crippen LogP) is 3.45. The van der Waals surface area contributed by atoms with Crippen LogP contribution in [0, 0.1) is 6.92 Å². The molecule has 1 aliphatic rings. The van der Waals surface area contributed by atoms with Crippen molar-refractivity contribution in [2.75, 3.05) is 6.54 Å². The van der Waals surface area contributed by atoms with Crippen LogP contribution >= 0.6 is 35.3 Å². The quantitative estimate of drug-likeness (QED) is 0.357. The van der Waals surface area contributed by atoms with E-state index in [4.69, 9.17) is 0 Å². The van der Waals surface area contributed by atoms with Crippen molar-refractivity contribution in [3.8, 4) is 0 Å². The molecule has 0 saturated heterocycles. The number of hydrogen-bond acceptors (Lipinski definition) is 2. The number of nitrogens with one attached hydrogen (secondary N) is 2. The first-order chi connectivity index (χ1) is 8.79. The van der Waals surface area contributed by atoms with Crippen molar-refractivity contribution in [2.24, 2.45) is 4.99 Å². The zero-order valence-electron chi connectivity index (χ0n) is 11.5. The zero-order chi connectivity index (χ0) is 12.8. The average molecular weight is 391 g/mol. The Morgan fingerprint density at radius 1 is 1.42 bits per heavy atom. The van der Waals surface area contributed by atoms with Gasteiger partial charge in [0.2, 0.25) is 0 Å². The Kier molecular flexibility index (Phi) is 7.45. The monoisotopic (exact) mass is 391 g/mol. The molecule has 0 unspecified atom stereocenters. The predicted molar refractivity (Wildman–Crippen MR) is 94.6 cm³/mol. The molecular formula is C14H22IN3S. The SMILES string of the molecule is CCNC(=NCc1sccc1C)NC1CC=CC1.I. The van der Waals surface area contributed by atoms with E-state index in [-0.39, 0.29) is 24.0 Å². The van der Waals surface area contributed by atoms with Gasteiger partial charge in [-0.3, -0.25) is 0 Å². The zero-order valence-corrected chi connectivity index (χ0v) is 14.6. The maximum absolute atomic E-state index is 4.66. The number of halogens is 1. The Hall–Kier alpha value is -0.560. The van der Waals surface area contributed by atoms with Gasteiger partial charge in [-0.15, -0.1) is 35.3 Å². The van der Waals surface area contributed by atoms with Crippen molar-refractivity contribution in [3.63, 3.8) is 0 Å². The van der Waals surface area contributed by atoms with Crippen molar-refractivity contribution >= 4 is 41.3 Å². The van der Waals surface area contributed by atoms with Gasteiger partial charge in [0.1, 0.15) is 0 Å². The molecular weight excluding hydrogens is 369 g/mol. The van der Waals surface area contributed by atoms with Gasteiger partial charge in [-0.05, 0) is 43.7 Å². The van der Waals surface area contributed by atoms with E-state index in [0.29, 0.717) is 6.04 Å². The third-order valence-electron chi connectivity index (χ3n) is 3.04. The lowest BCUT2D eigenvalue weighted by molar-refractivity contribution is 0.633. The van der Waals surface area contributed by atoms with Crippen LogP contribution in [-0.2, 0) is 6.54 Å². The third kappa shape index (κ3) is 5.14. The van der Waals surface area contributed by atoms with E-state index in [1.165, 1.54) is 10.4 Å². The van der Waals surface area contributed by atoms with E-state index in [1.807, 2.05) is 0 Å². The van der Waals surface area contributed by atoms with Crippen LogP contribution in [0.5, 0.6) is 0 Å². The molecule has 106 valence electrons. The number of aryl methyl sites for hydroxylation is 1. The summed E-state index contributed by atoms with van der Waals surface area (Å²) in [5.41, 5.74) is 1.34. The van der Waals surface area contributed by atoms with E-state index >= 15 is 0 Å². The number of thiophene rings is 1. The van der Waals surface area contributed by atoms with Gasteiger partial charge in [-0.2, -0.15) is 0 Å². The van der Waals surface area contributed by atoms with E-state index < -0.39 is 0 Å². The van der Waals surface area contributed by atoms with Crippen LogP contribution in [0.1, 0.15) is 30.2 Å². The molecule has 0 saturated carbocycles. The Morgan fingerprint density at radius 3 is 2.74 bits per heavy atom. The fourth-order valence-electron chi connectivity index (χ4n) is 1.97. The summed E-state index contributed by atoms with van der Waals surface area (Å²) in [6.45, 7) is 5.90. The fraction of sp³-hybridized carbons (Fsp3) is 0.500. The number of aliphatic imine (C=N–C) groups is 1. The Bertz CT molecular complexity index is 432. The number of guanidine groups is 1. The highest BCUT2D eigenvalue weighted by Crippen LogP contribution is 2.16. The standard InChI is InChI=1S/C14H21N3S.HI/c1-3-15-14(17-12-6-4-5-7-12)16-10-13-11(2)8-9-18-13;/h4-5,8-9,12H,3,6-7,10H2,1-2H3,(H2,15,16,17);1H. The topological polar surface area (TPSA) is 36.4 Å². The smallest absolute Gasteiger partial charge is 0.191 e. The van der Waals surface area contributed by atoms with Crippen molar-refractivity contribution in [2.45, 2.75) is 39.3 Å². The first-order valence-corrected chi connectivity index (χ1v) is 7.40. The van der Waals surface area contributed by atoms with Gasteiger partial charge >= 0.3 is 0 Å².